The van der Waals surface area contributed by atoms with Gasteiger partial charge in [0.1, 0.15) is 5.60 Å². The van der Waals surface area contributed by atoms with Gasteiger partial charge >= 0.3 is 0 Å². The molecule has 1 aliphatic carbocycles. The van der Waals surface area contributed by atoms with E-state index < -0.39 is 5.60 Å². The van der Waals surface area contributed by atoms with Gasteiger partial charge in [0.2, 0.25) is 0 Å². The van der Waals surface area contributed by atoms with Crippen molar-refractivity contribution >= 4 is 11.6 Å². The number of benzene rings is 1. The SMILES string of the molecule is CC(C)C(=O)c1ccccc1.CCC(=O)C1(O)C=CC=CC1C. The molecule has 0 aliphatic heterocycles. The maximum Gasteiger partial charge on any atom is 0.168 e. The molecular weight excluding hydrogens is 288 g/mol. The summed E-state index contributed by atoms with van der Waals surface area (Å²) in [6, 6.07) is 9.38. The number of rotatable bonds is 4. The van der Waals surface area contributed by atoms with E-state index in [0.717, 1.165) is 5.56 Å². The molecule has 124 valence electrons. The summed E-state index contributed by atoms with van der Waals surface area (Å²) in [6.07, 6.45) is 7.35. The standard InChI is InChI=1S/C10H14O2.C10H12O/c1-3-9(11)10(12)7-5-4-6-8(10)2;1-8(2)10(11)9-6-4-3-5-7-9/h4-8,12H,3H2,1-2H3;3-8H,1-2H3. The Bertz CT molecular complexity index is 584. The van der Waals surface area contributed by atoms with Crippen LogP contribution in [0.3, 0.4) is 0 Å². The number of carbonyl (C=O) groups is 2. The summed E-state index contributed by atoms with van der Waals surface area (Å²) in [7, 11) is 0. The maximum atomic E-state index is 11.4. The Hall–Kier alpha value is -2.00. The Morgan fingerprint density at radius 2 is 1.78 bits per heavy atom. The molecule has 0 fully saturated rings. The van der Waals surface area contributed by atoms with Gasteiger partial charge in [-0.25, -0.2) is 0 Å². The minimum absolute atomic E-state index is 0.0948. The number of carbonyl (C=O) groups excluding carboxylic acids is 2. The molecule has 0 heterocycles. The number of hydrogen-bond donors (Lipinski definition) is 1. The van der Waals surface area contributed by atoms with Crippen molar-refractivity contribution < 1.29 is 14.7 Å². The average molecular weight is 314 g/mol. The van der Waals surface area contributed by atoms with Gasteiger partial charge in [-0.2, -0.15) is 0 Å². The average Bonchev–Trinajstić information content (AvgIpc) is 2.57. The van der Waals surface area contributed by atoms with Crippen molar-refractivity contribution in [3.63, 3.8) is 0 Å². The van der Waals surface area contributed by atoms with Crippen molar-refractivity contribution in [2.75, 3.05) is 0 Å². The molecule has 2 rings (SSSR count). The van der Waals surface area contributed by atoms with E-state index in [1.54, 1.807) is 19.1 Å². The van der Waals surface area contributed by atoms with Crippen molar-refractivity contribution in [3.8, 4) is 0 Å². The van der Waals surface area contributed by atoms with E-state index in [2.05, 4.69) is 0 Å². The van der Waals surface area contributed by atoms with Crippen LogP contribution < -0.4 is 0 Å². The van der Waals surface area contributed by atoms with Crippen LogP contribution in [0.2, 0.25) is 0 Å². The van der Waals surface area contributed by atoms with Gasteiger partial charge in [0.25, 0.3) is 0 Å². The first-order chi connectivity index (χ1) is 10.8. The van der Waals surface area contributed by atoms with Crippen LogP contribution in [0.4, 0.5) is 0 Å². The Labute approximate surface area is 138 Å². The fraction of sp³-hybridized carbons (Fsp3) is 0.400. The van der Waals surface area contributed by atoms with E-state index in [9.17, 15) is 14.7 Å². The molecule has 0 saturated carbocycles. The molecule has 0 saturated heterocycles. The molecule has 1 aromatic rings. The molecule has 3 heteroatoms. The van der Waals surface area contributed by atoms with E-state index in [0.29, 0.717) is 6.42 Å². The molecule has 3 nitrogen and oxygen atoms in total. The van der Waals surface area contributed by atoms with E-state index in [1.165, 1.54) is 0 Å². The van der Waals surface area contributed by atoms with E-state index in [-0.39, 0.29) is 23.4 Å². The fourth-order valence-corrected chi connectivity index (χ4v) is 2.30. The van der Waals surface area contributed by atoms with Crippen molar-refractivity contribution in [2.24, 2.45) is 11.8 Å². The molecule has 1 N–H and O–H groups in total. The predicted molar refractivity (Wildman–Crippen MR) is 93.3 cm³/mol. The highest BCUT2D eigenvalue weighted by Crippen LogP contribution is 2.25. The summed E-state index contributed by atoms with van der Waals surface area (Å²) in [4.78, 5) is 22.7. The second-order valence-corrected chi connectivity index (χ2v) is 6.02. The number of aliphatic hydroxyl groups is 1. The molecule has 0 amide bonds. The Balaban J connectivity index is 0.000000231. The van der Waals surface area contributed by atoms with E-state index in [1.807, 2.05) is 63.3 Å². The molecule has 2 atom stereocenters. The Kier molecular flexibility index (Phi) is 7.11. The van der Waals surface area contributed by atoms with Gasteiger partial charge in [-0.3, -0.25) is 9.59 Å². The Morgan fingerprint density at radius 1 is 1.17 bits per heavy atom. The van der Waals surface area contributed by atoms with Gasteiger partial charge in [-0.15, -0.1) is 0 Å². The quantitative estimate of drug-likeness (QED) is 0.855. The monoisotopic (exact) mass is 314 g/mol. The molecule has 0 bridgehead atoms. The van der Waals surface area contributed by atoms with Crippen LogP contribution in [0.1, 0.15) is 44.5 Å². The van der Waals surface area contributed by atoms with Crippen LogP contribution in [-0.4, -0.2) is 22.3 Å². The first-order valence-corrected chi connectivity index (χ1v) is 8.03. The molecule has 2 unspecified atom stereocenters. The number of ketones is 2. The van der Waals surface area contributed by atoms with Gasteiger partial charge < -0.3 is 5.11 Å². The first-order valence-electron chi connectivity index (χ1n) is 8.03. The molecule has 0 radical (unpaired) electrons. The summed E-state index contributed by atoms with van der Waals surface area (Å²) < 4.78 is 0. The van der Waals surface area contributed by atoms with Gasteiger partial charge in [-0.1, -0.05) is 76.3 Å². The van der Waals surface area contributed by atoms with Crippen molar-refractivity contribution in [1.29, 1.82) is 0 Å². The lowest BCUT2D eigenvalue weighted by molar-refractivity contribution is -0.135. The lowest BCUT2D eigenvalue weighted by Crippen LogP contribution is -2.42. The summed E-state index contributed by atoms with van der Waals surface area (Å²) in [5.74, 6) is 0.0774. The Morgan fingerprint density at radius 3 is 2.26 bits per heavy atom. The molecular formula is C20H26O3. The highest BCUT2D eigenvalue weighted by molar-refractivity contribution is 5.97. The van der Waals surface area contributed by atoms with E-state index >= 15 is 0 Å². The zero-order valence-electron chi connectivity index (χ0n) is 14.3. The van der Waals surface area contributed by atoms with Gasteiger partial charge in [0.05, 0.1) is 0 Å². The second kappa shape index (κ2) is 8.59. The molecule has 1 aliphatic rings. The van der Waals surface area contributed by atoms with Crippen molar-refractivity contribution in [1.82, 2.24) is 0 Å². The van der Waals surface area contributed by atoms with Crippen LogP contribution in [0.5, 0.6) is 0 Å². The lowest BCUT2D eigenvalue weighted by atomic mass is 9.81. The third-order valence-electron chi connectivity index (χ3n) is 3.91. The minimum atomic E-state index is -1.26. The lowest BCUT2D eigenvalue weighted by Gasteiger charge is -2.29. The van der Waals surface area contributed by atoms with Crippen LogP contribution in [-0.2, 0) is 4.79 Å². The normalized spacial score (nSPS) is 22.4. The highest BCUT2D eigenvalue weighted by atomic mass is 16.3. The zero-order chi connectivity index (χ0) is 17.5. The van der Waals surface area contributed by atoms with Crippen molar-refractivity contribution in [3.05, 3.63) is 60.2 Å². The van der Waals surface area contributed by atoms with Crippen LogP contribution in [0.25, 0.3) is 0 Å². The molecule has 0 spiro atoms. The minimum Gasteiger partial charge on any atom is -0.377 e. The molecule has 0 aromatic heterocycles. The van der Waals surface area contributed by atoms with Crippen LogP contribution in [0, 0.1) is 11.8 Å². The summed E-state index contributed by atoms with van der Waals surface area (Å²) in [5.41, 5.74) is -0.453. The largest absolute Gasteiger partial charge is 0.377 e. The van der Waals surface area contributed by atoms with Crippen molar-refractivity contribution in [2.45, 2.75) is 39.7 Å². The third-order valence-corrected chi connectivity index (χ3v) is 3.91. The van der Waals surface area contributed by atoms with Gasteiger partial charge in [0.15, 0.2) is 11.6 Å². The van der Waals surface area contributed by atoms with Crippen LogP contribution >= 0.6 is 0 Å². The molecule has 23 heavy (non-hydrogen) atoms. The zero-order valence-corrected chi connectivity index (χ0v) is 14.3. The van der Waals surface area contributed by atoms with E-state index in [4.69, 9.17) is 0 Å². The smallest absolute Gasteiger partial charge is 0.168 e. The number of allylic oxidation sites excluding steroid dienone is 2. The summed E-state index contributed by atoms with van der Waals surface area (Å²) >= 11 is 0. The van der Waals surface area contributed by atoms with Gasteiger partial charge in [-0.05, 0) is 6.08 Å². The molecule has 1 aromatic carbocycles. The predicted octanol–water partition coefficient (Wildman–Crippen LogP) is 3.98. The summed E-state index contributed by atoms with van der Waals surface area (Å²) in [5, 5.41) is 9.92. The first kappa shape index (κ1) is 19.0. The highest BCUT2D eigenvalue weighted by Gasteiger charge is 2.36. The maximum absolute atomic E-state index is 11.4. The topological polar surface area (TPSA) is 54.4 Å². The second-order valence-electron chi connectivity index (χ2n) is 6.02. The summed E-state index contributed by atoms with van der Waals surface area (Å²) in [6.45, 7) is 7.43. The fourth-order valence-electron chi connectivity index (χ4n) is 2.30. The van der Waals surface area contributed by atoms with Crippen LogP contribution in [0.15, 0.2) is 54.6 Å². The number of Topliss-reactive ketones (excluding diaryl/α,β-unsaturated/α-hetero) is 2. The van der Waals surface area contributed by atoms with Gasteiger partial charge in [0, 0.05) is 23.8 Å². The third kappa shape index (κ3) is 5.00. The number of hydrogen-bond acceptors (Lipinski definition) is 3.